The molecule has 0 unspecified atom stereocenters. The minimum absolute atomic E-state index is 0.0249. The molecule has 0 spiro atoms. The second-order valence-electron chi connectivity index (χ2n) is 2.60. The molecule has 1 aromatic carbocycles. The maximum Gasteiger partial charge on any atom is 0.417 e. The van der Waals surface area contributed by atoms with Crippen LogP contribution in [0.15, 0.2) is 15.3 Å². The summed E-state index contributed by atoms with van der Waals surface area (Å²) in [6.07, 6.45) is 0.0249. The van der Waals surface area contributed by atoms with E-state index in [0.717, 1.165) is 6.07 Å². The van der Waals surface area contributed by atoms with Gasteiger partial charge in [-0.15, -0.1) is 0 Å². The number of fused-ring (bicyclic) bond motifs is 1. The van der Waals surface area contributed by atoms with E-state index in [4.69, 9.17) is 0 Å². The molecule has 0 aliphatic rings. The van der Waals surface area contributed by atoms with Crippen LogP contribution in [0.25, 0.3) is 11.1 Å². The van der Waals surface area contributed by atoms with Crippen LogP contribution >= 0.6 is 0 Å². The second kappa shape index (κ2) is 2.76. The summed E-state index contributed by atoms with van der Waals surface area (Å²) >= 11 is 0. The molecule has 14 heavy (non-hydrogen) atoms. The van der Waals surface area contributed by atoms with Gasteiger partial charge in [0.1, 0.15) is 5.82 Å². The summed E-state index contributed by atoms with van der Waals surface area (Å²) in [5.74, 6) is -3.11. The lowest BCUT2D eigenvalue weighted by Gasteiger charge is -1.96. The Morgan fingerprint density at radius 2 is 2.14 bits per heavy atom. The SMILES string of the molecule is O=Cc1c(F)cc2[nH]c(=O)oc2c1F. The van der Waals surface area contributed by atoms with Crippen LogP contribution in [0.5, 0.6) is 0 Å². The van der Waals surface area contributed by atoms with Crippen molar-refractivity contribution in [2.45, 2.75) is 0 Å². The predicted octanol–water partition coefficient (Wildman–Crippen LogP) is 1.21. The van der Waals surface area contributed by atoms with Crippen LogP contribution < -0.4 is 5.76 Å². The van der Waals surface area contributed by atoms with Gasteiger partial charge in [0, 0.05) is 6.07 Å². The van der Waals surface area contributed by atoms with Gasteiger partial charge in [0.25, 0.3) is 0 Å². The normalized spacial score (nSPS) is 10.7. The Hall–Kier alpha value is -1.98. The molecule has 0 saturated carbocycles. The molecule has 0 atom stereocenters. The Labute approximate surface area is 75.1 Å². The van der Waals surface area contributed by atoms with Gasteiger partial charge < -0.3 is 4.42 Å². The number of rotatable bonds is 1. The number of aromatic nitrogens is 1. The van der Waals surface area contributed by atoms with Gasteiger partial charge in [-0.3, -0.25) is 9.78 Å². The maximum absolute atomic E-state index is 13.2. The fourth-order valence-electron chi connectivity index (χ4n) is 1.14. The first-order valence-electron chi connectivity index (χ1n) is 3.59. The molecule has 0 saturated heterocycles. The molecule has 0 amide bonds. The summed E-state index contributed by atoms with van der Waals surface area (Å²) in [5, 5.41) is 0. The van der Waals surface area contributed by atoms with Gasteiger partial charge in [0.05, 0.1) is 11.1 Å². The Balaban J connectivity index is 2.98. The topological polar surface area (TPSA) is 63.1 Å². The number of hydrogen-bond acceptors (Lipinski definition) is 3. The van der Waals surface area contributed by atoms with Crippen molar-refractivity contribution in [1.29, 1.82) is 0 Å². The van der Waals surface area contributed by atoms with E-state index < -0.39 is 28.5 Å². The van der Waals surface area contributed by atoms with Crippen LogP contribution in [0.4, 0.5) is 8.78 Å². The van der Waals surface area contributed by atoms with Gasteiger partial charge in [-0.2, -0.15) is 0 Å². The van der Waals surface area contributed by atoms with Crippen LogP contribution in [0.2, 0.25) is 0 Å². The molecule has 6 heteroatoms. The van der Waals surface area contributed by atoms with E-state index in [1.54, 1.807) is 0 Å². The van der Waals surface area contributed by atoms with Crippen molar-refractivity contribution in [1.82, 2.24) is 4.98 Å². The van der Waals surface area contributed by atoms with Crippen molar-refractivity contribution in [3.05, 3.63) is 33.8 Å². The average molecular weight is 199 g/mol. The molecule has 4 nitrogen and oxygen atoms in total. The van der Waals surface area contributed by atoms with Crippen LogP contribution in [-0.2, 0) is 0 Å². The third-order valence-electron chi connectivity index (χ3n) is 1.76. The Kier molecular flexibility index (Phi) is 1.70. The van der Waals surface area contributed by atoms with E-state index >= 15 is 0 Å². The van der Waals surface area contributed by atoms with E-state index in [1.807, 2.05) is 0 Å². The van der Waals surface area contributed by atoms with Crippen LogP contribution in [0.3, 0.4) is 0 Å². The van der Waals surface area contributed by atoms with Gasteiger partial charge in [0.2, 0.25) is 0 Å². The molecule has 2 rings (SSSR count). The fraction of sp³-hybridized carbons (Fsp3) is 0. The van der Waals surface area contributed by atoms with Gasteiger partial charge >= 0.3 is 5.76 Å². The zero-order valence-electron chi connectivity index (χ0n) is 6.64. The minimum atomic E-state index is -1.17. The van der Waals surface area contributed by atoms with Crippen molar-refractivity contribution in [3.8, 4) is 0 Å². The standard InChI is InChI=1S/C8H3F2NO3/c9-4-1-5-7(14-8(13)11-5)6(10)3(4)2-12/h1-2H,(H,11,13). The van der Waals surface area contributed by atoms with E-state index in [0.29, 0.717) is 0 Å². The minimum Gasteiger partial charge on any atom is -0.405 e. The highest BCUT2D eigenvalue weighted by Gasteiger charge is 2.16. The smallest absolute Gasteiger partial charge is 0.405 e. The van der Waals surface area contributed by atoms with Crippen molar-refractivity contribution >= 4 is 17.4 Å². The molecule has 0 aliphatic heterocycles. The molecule has 0 fully saturated rings. The molecule has 0 bridgehead atoms. The average Bonchev–Trinajstić information content (AvgIpc) is 2.47. The van der Waals surface area contributed by atoms with Crippen LogP contribution in [0.1, 0.15) is 10.4 Å². The highest BCUT2D eigenvalue weighted by Crippen LogP contribution is 2.20. The van der Waals surface area contributed by atoms with E-state index in [1.165, 1.54) is 0 Å². The summed E-state index contributed by atoms with van der Waals surface area (Å²) in [7, 11) is 0. The number of oxazole rings is 1. The molecule has 2 aromatic rings. The molecule has 72 valence electrons. The summed E-state index contributed by atoms with van der Waals surface area (Å²) in [6, 6.07) is 0.826. The van der Waals surface area contributed by atoms with Crippen molar-refractivity contribution in [2.24, 2.45) is 0 Å². The molecular formula is C8H3F2NO3. The Bertz CT molecular complexity index is 570. The second-order valence-corrected chi connectivity index (χ2v) is 2.60. The summed E-state index contributed by atoms with van der Waals surface area (Å²) in [5.41, 5.74) is -1.31. The van der Waals surface area contributed by atoms with Crippen LogP contribution in [-0.4, -0.2) is 11.3 Å². The number of aldehydes is 1. The van der Waals surface area contributed by atoms with Crippen molar-refractivity contribution in [3.63, 3.8) is 0 Å². The highest BCUT2D eigenvalue weighted by atomic mass is 19.1. The van der Waals surface area contributed by atoms with Gasteiger partial charge in [0.15, 0.2) is 17.7 Å². The summed E-state index contributed by atoms with van der Waals surface area (Å²) in [4.78, 5) is 23.0. The lowest BCUT2D eigenvalue weighted by molar-refractivity contribution is 0.111. The molecule has 1 heterocycles. The lowest BCUT2D eigenvalue weighted by Crippen LogP contribution is -1.94. The van der Waals surface area contributed by atoms with Crippen molar-refractivity contribution in [2.75, 3.05) is 0 Å². The zero-order valence-corrected chi connectivity index (χ0v) is 6.64. The molecule has 0 aliphatic carbocycles. The quantitative estimate of drug-likeness (QED) is 0.702. The molecular weight excluding hydrogens is 196 g/mol. The molecule has 0 radical (unpaired) electrons. The monoisotopic (exact) mass is 199 g/mol. The number of H-pyrrole nitrogens is 1. The first kappa shape index (κ1) is 8.61. The fourth-order valence-corrected chi connectivity index (χ4v) is 1.14. The Morgan fingerprint density at radius 3 is 2.79 bits per heavy atom. The number of halogens is 2. The van der Waals surface area contributed by atoms with Crippen LogP contribution in [0, 0.1) is 11.6 Å². The number of hydrogen-bond donors (Lipinski definition) is 1. The number of benzene rings is 1. The molecule has 1 N–H and O–H groups in total. The van der Waals surface area contributed by atoms with E-state index in [9.17, 15) is 18.4 Å². The zero-order chi connectivity index (χ0) is 10.3. The van der Waals surface area contributed by atoms with E-state index in [-0.39, 0.29) is 11.8 Å². The number of carbonyl (C=O) groups is 1. The number of carbonyl (C=O) groups excluding carboxylic acids is 1. The Morgan fingerprint density at radius 1 is 1.43 bits per heavy atom. The van der Waals surface area contributed by atoms with Gasteiger partial charge in [-0.05, 0) is 0 Å². The molecule has 1 aromatic heterocycles. The predicted molar refractivity (Wildman–Crippen MR) is 42.1 cm³/mol. The van der Waals surface area contributed by atoms with Gasteiger partial charge in [-0.25, -0.2) is 13.6 Å². The summed E-state index contributed by atoms with van der Waals surface area (Å²) < 4.78 is 30.6. The first-order chi connectivity index (χ1) is 6.63. The first-order valence-corrected chi connectivity index (χ1v) is 3.59. The largest absolute Gasteiger partial charge is 0.417 e. The lowest BCUT2D eigenvalue weighted by atomic mass is 10.2. The van der Waals surface area contributed by atoms with Gasteiger partial charge in [-0.1, -0.05) is 0 Å². The third-order valence-corrected chi connectivity index (χ3v) is 1.76. The van der Waals surface area contributed by atoms with E-state index in [2.05, 4.69) is 9.40 Å². The number of nitrogens with one attached hydrogen (secondary N) is 1. The third kappa shape index (κ3) is 1.04. The summed E-state index contributed by atoms with van der Waals surface area (Å²) in [6.45, 7) is 0. The highest BCUT2D eigenvalue weighted by molar-refractivity contribution is 5.84. The number of aromatic amines is 1. The van der Waals surface area contributed by atoms with Crippen molar-refractivity contribution < 1.29 is 18.0 Å². The maximum atomic E-state index is 13.2.